The average Bonchev–Trinajstić information content (AvgIpc) is 3.09. The molecule has 0 amide bonds. The molecule has 0 saturated heterocycles. The van der Waals surface area contributed by atoms with Crippen LogP contribution in [-0.2, 0) is 21.3 Å². The van der Waals surface area contributed by atoms with E-state index in [9.17, 15) is 8.42 Å². The van der Waals surface area contributed by atoms with Crippen molar-refractivity contribution in [2.45, 2.75) is 11.5 Å². The van der Waals surface area contributed by atoms with Gasteiger partial charge in [0.2, 0.25) is 5.89 Å². The molecule has 1 aromatic carbocycles. The summed E-state index contributed by atoms with van der Waals surface area (Å²) in [5, 5.41) is 1.92. The molecule has 6 heteroatoms. The summed E-state index contributed by atoms with van der Waals surface area (Å²) in [5.41, 5.74) is 1.22. The van der Waals surface area contributed by atoms with Gasteiger partial charge in [0.15, 0.2) is 9.84 Å². The minimum atomic E-state index is -3.26. The summed E-state index contributed by atoms with van der Waals surface area (Å²) in [6, 6.07) is 12.9. The van der Waals surface area contributed by atoms with Gasteiger partial charge < -0.3 is 4.42 Å². The Kier molecular flexibility index (Phi) is 3.90. The van der Waals surface area contributed by atoms with Gasteiger partial charge in [0, 0.05) is 0 Å². The van der Waals surface area contributed by atoms with Crippen LogP contribution in [0.4, 0.5) is 0 Å². The second-order valence-corrected chi connectivity index (χ2v) is 7.65. The van der Waals surface area contributed by atoms with Gasteiger partial charge >= 0.3 is 0 Å². The summed E-state index contributed by atoms with van der Waals surface area (Å²) >= 11 is 1.50. The molecule has 0 radical (unpaired) electrons. The van der Waals surface area contributed by atoms with Crippen LogP contribution in [-0.4, -0.2) is 13.4 Å². The van der Waals surface area contributed by atoms with E-state index in [1.54, 1.807) is 12.1 Å². The minimum Gasteiger partial charge on any atom is -0.444 e. The predicted octanol–water partition coefficient (Wildman–Crippen LogP) is 3.52. The first-order chi connectivity index (χ1) is 10.1. The maximum atomic E-state index is 12.2. The number of oxazole rings is 1. The molecule has 21 heavy (non-hydrogen) atoms. The van der Waals surface area contributed by atoms with Gasteiger partial charge in [-0.2, -0.15) is 0 Å². The second kappa shape index (κ2) is 5.83. The topological polar surface area (TPSA) is 60.2 Å². The lowest BCUT2D eigenvalue weighted by atomic mass is 10.2. The molecule has 108 valence electrons. The van der Waals surface area contributed by atoms with E-state index in [0.29, 0.717) is 11.6 Å². The lowest BCUT2D eigenvalue weighted by Gasteiger charge is -2.02. The molecule has 0 unspecified atom stereocenters. The van der Waals surface area contributed by atoms with Crippen LogP contribution < -0.4 is 0 Å². The third kappa shape index (κ3) is 3.59. The van der Waals surface area contributed by atoms with E-state index >= 15 is 0 Å². The van der Waals surface area contributed by atoms with E-state index in [4.69, 9.17) is 4.42 Å². The summed E-state index contributed by atoms with van der Waals surface area (Å²) in [7, 11) is -3.26. The minimum absolute atomic E-state index is 0.00896. The van der Waals surface area contributed by atoms with Crippen molar-refractivity contribution in [1.29, 1.82) is 0 Å². The number of thiophene rings is 1. The van der Waals surface area contributed by atoms with Gasteiger partial charge in [-0.3, -0.25) is 0 Å². The SMILES string of the molecule is O=S(=O)(Cc1ccccc1)Cc1coc(-c2cccs2)n1. The van der Waals surface area contributed by atoms with Crippen molar-refractivity contribution in [3.8, 4) is 10.8 Å². The quantitative estimate of drug-likeness (QED) is 0.722. The first-order valence-corrected chi connectivity index (χ1v) is 9.05. The number of rotatable bonds is 5. The van der Waals surface area contributed by atoms with Crippen molar-refractivity contribution >= 4 is 21.2 Å². The zero-order valence-corrected chi connectivity index (χ0v) is 12.7. The number of hydrogen-bond acceptors (Lipinski definition) is 5. The number of benzene rings is 1. The molecule has 0 N–H and O–H groups in total. The van der Waals surface area contributed by atoms with Crippen molar-refractivity contribution in [1.82, 2.24) is 4.98 Å². The highest BCUT2D eigenvalue weighted by Crippen LogP contribution is 2.24. The van der Waals surface area contributed by atoms with Gasteiger partial charge in [0.05, 0.1) is 22.1 Å². The Morgan fingerprint density at radius 2 is 1.86 bits per heavy atom. The standard InChI is InChI=1S/C15H13NO3S2/c17-21(18,10-12-5-2-1-3-6-12)11-13-9-19-15(16-13)14-7-4-8-20-14/h1-9H,10-11H2. The van der Waals surface area contributed by atoms with E-state index in [0.717, 1.165) is 10.4 Å². The Balaban J connectivity index is 1.74. The highest BCUT2D eigenvalue weighted by Gasteiger charge is 2.17. The summed E-state index contributed by atoms with van der Waals surface area (Å²) in [4.78, 5) is 5.13. The predicted molar refractivity (Wildman–Crippen MR) is 82.6 cm³/mol. The van der Waals surface area contributed by atoms with Gasteiger partial charge in [-0.1, -0.05) is 36.4 Å². The molecule has 2 heterocycles. The Labute approximate surface area is 127 Å². The van der Waals surface area contributed by atoms with Crippen molar-refractivity contribution < 1.29 is 12.8 Å². The number of sulfone groups is 1. The van der Waals surface area contributed by atoms with Crippen LogP contribution in [0.2, 0.25) is 0 Å². The van der Waals surface area contributed by atoms with Crippen molar-refractivity contribution in [3.63, 3.8) is 0 Å². The van der Waals surface area contributed by atoms with Crippen LogP contribution in [0, 0.1) is 0 Å². The highest BCUT2D eigenvalue weighted by atomic mass is 32.2. The molecule has 3 rings (SSSR count). The second-order valence-electron chi connectivity index (χ2n) is 4.64. The third-order valence-corrected chi connectivity index (χ3v) is 5.25. The molecule has 0 aliphatic carbocycles. The van der Waals surface area contributed by atoms with Crippen LogP contribution >= 0.6 is 11.3 Å². The highest BCUT2D eigenvalue weighted by molar-refractivity contribution is 7.89. The monoisotopic (exact) mass is 319 g/mol. The van der Waals surface area contributed by atoms with Gasteiger partial charge in [0.25, 0.3) is 0 Å². The van der Waals surface area contributed by atoms with Gasteiger partial charge in [-0.25, -0.2) is 13.4 Å². The van der Waals surface area contributed by atoms with Crippen molar-refractivity contribution in [2.75, 3.05) is 0 Å². The molecule has 4 nitrogen and oxygen atoms in total. The Hall–Kier alpha value is -1.92. The van der Waals surface area contributed by atoms with Crippen LogP contribution in [0.25, 0.3) is 10.8 Å². The van der Waals surface area contributed by atoms with E-state index in [1.165, 1.54) is 17.6 Å². The largest absolute Gasteiger partial charge is 0.444 e. The molecule has 0 saturated carbocycles. The van der Waals surface area contributed by atoms with E-state index < -0.39 is 9.84 Å². The fraction of sp³-hybridized carbons (Fsp3) is 0.133. The van der Waals surface area contributed by atoms with Crippen LogP contribution in [0.15, 0.2) is 58.5 Å². The first kappa shape index (κ1) is 14.0. The fourth-order valence-electron chi connectivity index (χ4n) is 1.99. The molecule has 2 aromatic heterocycles. The Bertz CT molecular complexity index is 806. The number of aromatic nitrogens is 1. The fourth-order valence-corrected chi connectivity index (χ4v) is 4.03. The van der Waals surface area contributed by atoms with Gasteiger partial charge in [0.1, 0.15) is 6.26 Å². The molecule has 0 fully saturated rings. The Morgan fingerprint density at radius 3 is 2.57 bits per heavy atom. The summed E-state index contributed by atoms with van der Waals surface area (Å²) < 4.78 is 29.7. The molecule has 0 bridgehead atoms. The van der Waals surface area contributed by atoms with E-state index in [1.807, 2.05) is 35.7 Å². The third-order valence-electron chi connectivity index (χ3n) is 2.88. The zero-order valence-electron chi connectivity index (χ0n) is 11.1. The summed E-state index contributed by atoms with van der Waals surface area (Å²) in [6.07, 6.45) is 1.41. The molecule has 0 aliphatic heterocycles. The zero-order chi connectivity index (χ0) is 14.7. The molecular formula is C15H13NO3S2. The van der Waals surface area contributed by atoms with Crippen molar-refractivity contribution in [2.24, 2.45) is 0 Å². The molecule has 0 atom stereocenters. The summed E-state index contributed by atoms with van der Waals surface area (Å²) in [6.45, 7) is 0. The smallest absolute Gasteiger partial charge is 0.236 e. The normalized spacial score (nSPS) is 11.6. The maximum absolute atomic E-state index is 12.2. The summed E-state index contributed by atoms with van der Waals surface area (Å²) in [5.74, 6) is 0.362. The molecule has 0 spiro atoms. The lowest BCUT2D eigenvalue weighted by molar-refractivity contribution is 0.573. The van der Waals surface area contributed by atoms with Crippen LogP contribution in [0.3, 0.4) is 0 Å². The van der Waals surface area contributed by atoms with Gasteiger partial charge in [-0.15, -0.1) is 11.3 Å². The first-order valence-electron chi connectivity index (χ1n) is 6.35. The van der Waals surface area contributed by atoms with Crippen LogP contribution in [0.1, 0.15) is 11.3 Å². The molecule has 3 aromatic rings. The van der Waals surface area contributed by atoms with Gasteiger partial charge in [-0.05, 0) is 17.0 Å². The van der Waals surface area contributed by atoms with E-state index in [2.05, 4.69) is 4.98 Å². The molecule has 0 aliphatic rings. The molecular weight excluding hydrogens is 306 g/mol. The number of hydrogen-bond donors (Lipinski definition) is 0. The average molecular weight is 319 g/mol. The van der Waals surface area contributed by atoms with E-state index in [-0.39, 0.29) is 11.5 Å². The van der Waals surface area contributed by atoms with Crippen LogP contribution in [0.5, 0.6) is 0 Å². The Morgan fingerprint density at radius 1 is 1.05 bits per heavy atom. The van der Waals surface area contributed by atoms with Crippen molar-refractivity contribution in [3.05, 3.63) is 65.4 Å². The lowest BCUT2D eigenvalue weighted by Crippen LogP contribution is -2.07. The number of nitrogens with zero attached hydrogens (tertiary/aromatic N) is 1. The maximum Gasteiger partial charge on any atom is 0.236 e.